The first-order chi connectivity index (χ1) is 18.7. The lowest BCUT2D eigenvalue weighted by atomic mass is 9.99. The Morgan fingerprint density at radius 1 is 0.795 bits per heavy atom. The number of hydrogen-bond donors (Lipinski definition) is 1. The summed E-state index contributed by atoms with van der Waals surface area (Å²) in [6, 6.07) is 7.26. The normalized spacial score (nSPS) is 20.2. The minimum atomic E-state index is -1.55. The zero-order valence-corrected chi connectivity index (χ0v) is 28.2. The van der Waals surface area contributed by atoms with Gasteiger partial charge in [-0.1, -0.05) is 25.3 Å². The Morgan fingerprint density at radius 2 is 1.28 bits per heavy atom. The van der Waals surface area contributed by atoms with Crippen LogP contribution in [0.2, 0.25) is 6.04 Å². The first-order valence-electron chi connectivity index (χ1n) is 16.0. The molecule has 222 valence electrons. The Morgan fingerprint density at radius 3 is 1.74 bits per heavy atom. The first-order valence-corrected chi connectivity index (χ1v) is 19.3. The molecule has 7 heteroatoms. The predicted octanol–water partition coefficient (Wildman–Crippen LogP) is 5.29. The molecule has 1 N–H and O–H groups in total. The van der Waals surface area contributed by atoms with Crippen LogP contribution in [0.3, 0.4) is 0 Å². The highest BCUT2D eigenvalue weighted by molar-refractivity contribution is 7.85. The summed E-state index contributed by atoms with van der Waals surface area (Å²) >= 11 is 0. The molecule has 3 fully saturated rings. The van der Waals surface area contributed by atoms with Crippen molar-refractivity contribution in [3.63, 3.8) is 0 Å². The van der Waals surface area contributed by atoms with Crippen LogP contribution in [0.1, 0.15) is 117 Å². The van der Waals surface area contributed by atoms with E-state index in [9.17, 15) is 5.11 Å². The number of rotatable bonds is 14. The van der Waals surface area contributed by atoms with Crippen molar-refractivity contribution in [2.75, 3.05) is 19.8 Å². The second kappa shape index (κ2) is 17.7. The minimum Gasteiger partial charge on any atom is -1.00 e. The summed E-state index contributed by atoms with van der Waals surface area (Å²) in [6.07, 6.45) is 21.9. The Bertz CT molecular complexity index is 758. The second-order valence-electron chi connectivity index (χ2n) is 11.8. The minimum absolute atomic E-state index is 0. The van der Waals surface area contributed by atoms with Gasteiger partial charge in [0.15, 0.2) is 5.75 Å². The molecule has 0 unspecified atom stereocenters. The van der Waals surface area contributed by atoms with Crippen LogP contribution >= 0.6 is 7.26 Å². The molecular formula is C32H54BrO4PSi. The zero-order chi connectivity index (χ0) is 26.6. The fourth-order valence-corrected chi connectivity index (χ4v) is 16.5. The van der Waals surface area contributed by atoms with Crippen LogP contribution in [0.25, 0.3) is 0 Å². The summed E-state index contributed by atoms with van der Waals surface area (Å²) in [5.41, 5.74) is 2.48. The fraction of sp³-hybridized carbons (Fsp3) is 0.812. The molecule has 0 aromatic heterocycles. The first kappa shape index (κ1) is 33.4. The monoisotopic (exact) mass is 640 g/mol. The standard InChI is InChI=1S/C32H53O4PSi.BrH/c1-3-34-32(35-4-2)38-24-14-23-36-30-22-21-26(33)25-31(30)37(27-15-8-5-9-16-27,28-17-10-6-11-18-28)29-19-12-7-13-20-29;/h21-22,25,27-29,32H,3-20,23-24H2,1-2H3;1H. The van der Waals surface area contributed by atoms with Crippen molar-refractivity contribution in [3.05, 3.63) is 18.2 Å². The van der Waals surface area contributed by atoms with Crippen molar-refractivity contribution in [2.24, 2.45) is 0 Å². The fourth-order valence-electron chi connectivity index (χ4n) is 7.88. The molecule has 3 aliphatic carbocycles. The van der Waals surface area contributed by atoms with E-state index in [1.54, 1.807) is 0 Å². The molecule has 0 spiro atoms. The van der Waals surface area contributed by atoms with Crippen molar-refractivity contribution in [2.45, 2.75) is 146 Å². The molecule has 39 heavy (non-hydrogen) atoms. The highest BCUT2D eigenvalue weighted by atomic mass is 79.9. The van der Waals surface area contributed by atoms with E-state index in [2.05, 4.69) is 12.1 Å². The van der Waals surface area contributed by atoms with Gasteiger partial charge in [0.05, 0.1) is 30.8 Å². The van der Waals surface area contributed by atoms with Gasteiger partial charge in [0.25, 0.3) is 0 Å². The topological polar surface area (TPSA) is 47.9 Å². The molecule has 0 saturated heterocycles. The van der Waals surface area contributed by atoms with Crippen molar-refractivity contribution in [1.29, 1.82) is 0 Å². The molecule has 4 nitrogen and oxygen atoms in total. The van der Waals surface area contributed by atoms with Crippen LogP contribution in [-0.4, -0.2) is 57.3 Å². The number of benzene rings is 1. The summed E-state index contributed by atoms with van der Waals surface area (Å²) in [4.78, 5) is 0. The Balaban J connectivity index is 0.00000420. The highest BCUT2D eigenvalue weighted by Gasteiger charge is 2.60. The number of phenolic OH excluding ortho intramolecular Hbond substituents is 1. The molecule has 0 atom stereocenters. The van der Waals surface area contributed by atoms with Crippen LogP contribution in [0.5, 0.6) is 11.5 Å². The average Bonchev–Trinajstić information content (AvgIpc) is 2.96. The third-order valence-electron chi connectivity index (χ3n) is 9.42. The maximum Gasteiger partial charge on any atom is 0.161 e. The Labute approximate surface area is 252 Å². The summed E-state index contributed by atoms with van der Waals surface area (Å²) in [6.45, 7) is 6.19. The van der Waals surface area contributed by atoms with Gasteiger partial charge >= 0.3 is 0 Å². The van der Waals surface area contributed by atoms with Crippen molar-refractivity contribution in [3.8, 4) is 11.5 Å². The van der Waals surface area contributed by atoms with E-state index in [0.29, 0.717) is 28.5 Å². The van der Waals surface area contributed by atoms with Crippen LogP contribution < -0.4 is 27.0 Å². The molecule has 0 heterocycles. The number of ether oxygens (including phenoxy) is 3. The van der Waals surface area contributed by atoms with Gasteiger partial charge in [-0.15, -0.1) is 0 Å². The SMILES string of the molecule is CCOC(OCC)[Si]CCCOc1ccc(O)cc1[P+](C1CCCCC1)(C1CCCCC1)C1CCCCC1.[Br-]. The number of aromatic hydroxyl groups is 1. The van der Waals surface area contributed by atoms with Gasteiger partial charge in [0, 0.05) is 19.3 Å². The van der Waals surface area contributed by atoms with Crippen LogP contribution in [0, 0.1) is 0 Å². The van der Waals surface area contributed by atoms with E-state index in [1.165, 1.54) is 102 Å². The van der Waals surface area contributed by atoms with Crippen LogP contribution in [0.4, 0.5) is 0 Å². The van der Waals surface area contributed by atoms with Gasteiger partial charge in [0.1, 0.15) is 26.5 Å². The molecule has 0 amide bonds. The maximum absolute atomic E-state index is 10.9. The van der Waals surface area contributed by atoms with E-state index in [0.717, 1.165) is 41.8 Å². The lowest BCUT2D eigenvalue weighted by molar-refractivity contribution is -0.0828. The summed E-state index contributed by atoms with van der Waals surface area (Å²) < 4.78 is 18.2. The second-order valence-corrected chi connectivity index (χ2v) is 17.5. The molecular weight excluding hydrogens is 587 g/mol. The van der Waals surface area contributed by atoms with Gasteiger partial charge in [0.2, 0.25) is 0 Å². The largest absolute Gasteiger partial charge is 1.00 e. The van der Waals surface area contributed by atoms with Gasteiger partial charge in [-0.3, -0.25) is 0 Å². The molecule has 0 aliphatic heterocycles. The van der Waals surface area contributed by atoms with E-state index in [-0.39, 0.29) is 22.9 Å². The third-order valence-corrected chi connectivity index (χ3v) is 17.1. The Kier molecular flexibility index (Phi) is 15.2. The van der Waals surface area contributed by atoms with E-state index < -0.39 is 7.26 Å². The quantitative estimate of drug-likeness (QED) is 0.130. The van der Waals surface area contributed by atoms with Gasteiger partial charge < -0.3 is 36.3 Å². The average molecular weight is 642 g/mol. The summed E-state index contributed by atoms with van der Waals surface area (Å²) in [7, 11) is -0.910. The highest BCUT2D eigenvalue weighted by Crippen LogP contribution is 2.77. The van der Waals surface area contributed by atoms with Crippen LogP contribution in [-0.2, 0) is 9.47 Å². The molecule has 0 bridgehead atoms. The predicted molar refractivity (Wildman–Crippen MR) is 163 cm³/mol. The van der Waals surface area contributed by atoms with Crippen molar-refractivity contribution in [1.82, 2.24) is 0 Å². The van der Waals surface area contributed by atoms with Crippen molar-refractivity contribution < 1.29 is 36.3 Å². The molecule has 3 aliphatic rings. The van der Waals surface area contributed by atoms with Gasteiger partial charge in [-0.05, 0) is 109 Å². The molecule has 1 aromatic carbocycles. The number of hydrogen-bond acceptors (Lipinski definition) is 4. The number of halogens is 1. The van der Waals surface area contributed by atoms with Gasteiger partial charge in [-0.25, -0.2) is 0 Å². The van der Waals surface area contributed by atoms with E-state index in [1.807, 2.05) is 19.9 Å². The van der Waals surface area contributed by atoms with Gasteiger partial charge in [-0.2, -0.15) is 0 Å². The van der Waals surface area contributed by atoms with E-state index in [4.69, 9.17) is 14.2 Å². The zero-order valence-electron chi connectivity index (χ0n) is 24.7. The smallest absolute Gasteiger partial charge is 0.161 e. The van der Waals surface area contributed by atoms with Crippen molar-refractivity contribution >= 4 is 22.1 Å². The van der Waals surface area contributed by atoms with E-state index >= 15 is 0 Å². The molecule has 3 saturated carbocycles. The Hall–Kier alpha value is -0.133. The maximum atomic E-state index is 10.9. The lowest BCUT2D eigenvalue weighted by Gasteiger charge is -2.49. The molecule has 4 rings (SSSR count). The molecule has 2 radical (unpaired) electrons. The summed E-state index contributed by atoms with van der Waals surface area (Å²) in [5, 5.41) is 12.4. The third kappa shape index (κ3) is 8.69. The molecule has 1 aromatic rings. The van der Waals surface area contributed by atoms with Crippen LogP contribution in [0.15, 0.2) is 18.2 Å². The number of phenols is 1. The lowest BCUT2D eigenvalue weighted by Crippen LogP contribution is -3.00. The summed E-state index contributed by atoms with van der Waals surface area (Å²) in [5.74, 6) is 1.47.